The maximum absolute atomic E-state index is 12.8. The van der Waals surface area contributed by atoms with Crippen LogP contribution in [0.4, 0.5) is 23.1 Å². The monoisotopic (exact) mass is 451 g/mol. The molecule has 2 aliphatic heterocycles. The maximum Gasteiger partial charge on any atom is 0.274 e. The van der Waals surface area contributed by atoms with Gasteiger partial charge in [-0.25, -0.2) is 4.98 Å². The number of nitrogens with one attached hydrogen (secondary N) is 1. The quantitative estimate of drug-likeness (QED) is 0.653. The van der Waals surface area contributed by atoms with E-state index < -0.39 is 0 Å². The molecule has 0 radical (unpaired) electrons. The normalized spacial score (nSPS) is 17.0. The van der Waals surface area contributed by atoms with Crippen molar-refractivity contribution in [3.05, 3.63) is 58.1 Å². The number of halogens is 1. The zero-order valence-corrected chi connectivity index (χ0v) is 19.1. The number of fused-ring (bicyclic) bond motifs is 1. The van der Waals surface area contributed by atoms with Gasteiger partial charge in [0.2, 0.25) is 5.95 Å². The first-order valence-electron chi connectivity index (χ1n) is 10.7. The summed E-state index contributed by atoms with van der Waals surface area (Å²) in [5.41, 5.74) is 3.32. The molecule has 166 valence electrons. The molecule has 0 bridgehead atoms. The molecule has 0 aliphatic carbocycles. The minimum Gasteiger partial charge on any atom is -0.341 e. The Balaban J connectivity index is 1.46. The Kier molecular flexibility index (Phi) is 5.27. The van der Waals surface area contributed by atoms with Gasteiger partial charge in [0.25, 0.3) is 5.56 Å². The third-order valence-electron chi connectivity index (χ3n) is 6.28. The van der Waals surface area contributed by atoms with Crippen LogP contribution in [0.3, 0.4) is 0 Å². The van der Waals surface area contributed by atoms with Gasteiger partial charge in [0.15, 0.2) is 5.82 Å². The molecule has 3 aromatic rings. The number of piperazine rings is 1. The minimum atomic E-state index is -0.0188. The van der Waals surface area contributed by atoms with Gasteiger partial charge in [-0.05, 0) is 31.3 Å². The van der Waals surface area contributed by atoms with E-state index >= 15 is 0 Å². The zero-order chi connectivity index (χ0) is 22.4. The molecule has 1 aromatic carbocycles. The van der Waals surface area contributed by atoms with Gasteiger partial charge in [-0.1, -0.05) is 18.2 Å². The molecule has 0 amide bonds. The molecule has 8 nitrogen and oxygen atoms in total. The number of aromatic nitrogens is 3. The Morgan fingerprint density at radius 1 is 1.09 bits per heavy atom. The fourth-order valence-corrected chi connectivity index (χ4v) is 4.29. The van der Waals surface area contributed by atoms with Crippen molar-refractivity contribution in [1.29, 1.82) is 0 Å². The molecule has 0 unspecified atom stereocenters. The fourth-order valence-electron chi connectivity index (χ4n) is 4.15. The van der Waals surface area contributed by atoms with E-state index in [-0.39, 0.29) is 5.56 Å². The summed E-state index contributed by atoms with van der Waals surface area (Å²) in [6.45, 7) is 8.57. The molecule has 2 aromatic heterocycles. The van der Waals surface area contributed by atoms with Crippen molar-refractivity contribution in [3.63, 3.8) is 0 Å². The summed E-state index contributed by atoms with van der Waals surface area (Å²) in [5.74, 6) is 1.24. The van der Waals surface area contributed by atoms with E-state index in [0.29, 0.717) is 22.5 Å². The standard InChI is InChI=1S/C23H26ClN7O/c1-15-6-7-31(15)20-13-16-12-17(4-5-19(16)29(3)22(20)32)26-21-18(24)14-25-23(27-21)30-10-8-28(2)9-11-30/h4-5,12-14H,1,6-11H2,2-3H3,(H,25,26,27). The number of nitrogens with zero attached hydrogens (tertiary/aromatic N) is 6. The average molecular weight is 452 g/mol. The Bertz CT molecular complexity index is 1260. The first-order valence-corrected chi connectivity index (χ1v) is 11.1. The van der Waals surface area contributed by atoms with Crippen LogP contribution in [-0.2, 0) is 7.05 Å². The van der Waals surface area contributed by atoms with E-state index in [2.05, 4.69) is 38.7 Å². The van der Waals surface area contributed by atoms with E-state index in [9.17, 15) is 4.79 Å². The number of anilines is 4. The molecule has 32 heavy (non-hydrogen) atoms. The van der Waals surface area contributed by atoms with Crippen LogP contribution in [-0.4, -0.2) is 59.2 Å². The summed E-state index contributed by atoms with van der Waals surface area (Å²) in [6.07, 6.45) is 2.56. The number of benzene rings is 1. The molecule has 0 spiro atoms. The van der Waals surface area contributed by atoms with Gasteiger partial charge < -0.3 is 24.6 Å². The predicted octanol–water partition coefficient (Wildman–Crippen LogP) is 3.20. The number of hydrogen-bond donors (Lipinski definition) is 1. The summed E-state index contributed by atoms with van der Waals surface area (Å²) in [7, 11) is 3.92. The Hall–Kier alpha value is -3.10. The SMILES string of the molecule is C=C1CCN1c1cc2cc(Nc3nc(N4CCN(C)CC4)ncc3Cl)ccc2n(C)c1=O. The van der Waals surface area contributed by atoms with Gasteiger partial charge in [-0.2, -0.15) is 4.98 Å². The molecule has 5 rings (SSSR count). The lowest BCUT2D eigenvalue weighted by molar-refractivity contribution is 0.311. The van der Waals surface area contributed by atoms with Crippen LogP contribution in [0.15, 0.2) is 47.5 Å². The molecule has 2 saturated heterocycles. The lowest BCUT2D eigenvalue weighted by Crippen LogP contribution is -2.45. The van der Waals surface area contributed by atoms with Gasteiger partial charge in [0.05, 0.1) is 11.7 Å². The smallest absolute Gasteiger partial charge is 0.274 e. The van der Waals surface area contributed by atoms with Crippen LogP contribution in [0.1, 0.15) is 6.42 Å². The predicted molar refractivity (Wildman–Crippen MR) is 130 cm³/mol. The third-order valence-corrected chi connectivity index (χ3v) is 6.56. The van der Waals surface area contributed by atoms with E-state index in [4.69, 9.17) is 11.6 Å². The van der Waals surface area contributed by atoms with Crippen molar-refractivity contribution in [2.45, 2.75) is 6.42 Å². The highest BCUT2D eigenvalue weighted by atomic mass is 35.5. The topological polar surface area (TPSA) is 69.5 Å². The summed E-state index contributed by atoms with van der Waals surface area (Å²) >= 11 is 6.41. The van der Waals surface area contributed by atoms with Crippen molar-refractivity contribution < 1.29 is 0 Å². The first-order chi connectivity index (χ1) is 15.4. The van der Waals surface area contributed by atoms with Crippen molar-refractivity contribution in [3.8, 4) is 0 Å². The lowest BCUT2D eigenvalue weighted by Gasteiger charge is -2.35. The highest BCUT2D eigenvalue weighted by Gasteiger charge is 2.23. The molecule has 9 heteroatoms. The van der Waals surface area contributed by atoms with E-state index in [0.717, 1.165) is 61.4 Å². The van der Waals surface area contributed by atoms with Gasteiger partial charge in [0.1, 0.15) is 10.7 Å². The second-order valence-electron chi connectivity index (χ2n) is 8.42. The summed E-state index contributed by atoms with van der Waals surface area (Å²) < 4.78 is 1.68. The van der Waals surface area contributed by atoms with Crippen molar-refractivity contribution >= 4 is 45.6 Å². The summed E-state index contributed by atoms with van der Waals surface area (Å²) in [5, 5.41) is 4.75. The van der Waals surface area contributed by atoms with Crippen LogP contribution in [0.5, 0.6) is 0 Å². The second kappa shape index (κ2) is 8.11. The van der Waals surface area contributed by atoms with Gasteiger partial charge >= 0.3 is 0 Å². The van der Waals surface area contributed by atoms with Crippen LogP contribution in [0.25, 0.3) is 10.9 Å². The van der Waals surface area contributed by atoms with Crippen LogP contribution in [0, 0.1) is 0 Å². The number of likely N-dealkylation sites (N-methyl/N-ethyl adjacent to an activating group) is 1. The van der Waals surface area contributed by atoms with Crippen LogP contribution in [0.2, 0.25) is 5.02 Å². The largest absolute Gasteiger partial charge is 0.341 e. The van der Waals surface area contributed by atoms with Crippen molar-refractivity contribution in [2.75, 3.05) is 54.9 Å². The second-order valence-corrected chi connectivity index (χ2v) is 8.82. The van der Waals surface area contributed by atoms with Crippen molar-refractivity contribution in [1.82, 2.24) is 19.4 Å². The first kappa shape index (κ1) is 20.8. The molecule has 2 fully saturated rings. The van der Waals surface area contributed by atoms with Crippen LogP contribution >= 0.6 is 11.6 Å². The zero-order valence-electron chi connectivity index (χ0n) is 18.3. The highest BCUT2D eigenvalue weighted by Crippen LogP contribution is 2.30. The number of aryl methyl sites for hydroxylation is 1. The number of hydrogen-bond acceptors (Lipinski definition) is 7. The fraction of sp³-hybridized carbons (Fsp3) is 0.348. The van der Waals surface area contributed by atoms with E-state index in [1.54, 1.807) is 17.8 Å². The minimum absolute atomic E-state index is 0.0188. The van der Waals surface area contributed by atoms with E-state index in [1.165, 1.54) is 0 Å². The molecule has 4 heterocycles. The summed E-state index contributed by atoms with van der Waals surface area (Å²) in [6, 6.07) is 7.81. The maximum atomic E-state index is 12.8. The molecular formula is C23H26ClN7O. The average Bonchev–Trinajstić information content (AvgIpc) is 2.78. The molecule has 0 atom stereocenters. The third kappa shape index (κ3) is 3.69. The number of rotatable bonds is 4. The summed E-state index contributed by atoms with van der Waals surface area (Å²) in [4.78, 5) is 28.4. The van der Waals surface area contributed by atoms with E-state index in [1.807, 2.05) is 29.2 Å². The Morgan fingerprint density at radius 2 is 1.88 bits per heavy atom. The van der Waals surface area contributed by atoms with Crippen molar-refractivity contribution in [2.24, 2.45) is 7.05 Å². The highest BCUT2D eigenvalue weighted by molar-refractivity contribution is 6.32. The Morgan fingerprint density at radius 3 is 2.56 bits per heavy atom. The van der Waals surface area contributed by atoms with Gasteiger partial charge in [-0.15, -0.1) is 0 Å². The lowest BCUT2D eigenvalue weighted by atomic mass is 10.1. The number of pyridine rings is 1. The molecule has 2 aliphatic rings. The molecule has 1 N–H and O–H groups in total. The molecular weight excluding hydrogens is 426 g/mol. The van der Waals surface area contributed by atoms with Gasteiger partial charge in [-0.3, -0.25) is 4.79 Å². The molecule has 0 saturated carbocycles. The Labute approximate surface area is 191 Å². The van der Waals surface area contributed by atoms with Gasteiger partial charge in [0, 0.05) is 63.0 Å². The van der Waals surface area contributed by atoms with Crippen LogP contribution < -0.4 is 20.7 Å².